The van der Waals surface area contributed by atoms with Crippen LogP contribution in [0.2, 0.25) is 0 Å². The second-order valence-electron chi connectivity index (χ2n) is 7.64. The smallest absolute Gasteiger partial charge is 0.188 e. The van der Waals surface area contributed by atoms with Gasteiger partial charge in [0, 0.05) is 6.54 Å². The van der Waals surface area contributed by atoms with E-state index in [4.69, 9.17) is 15.2 Å². The van der Waals surface area contributed by atoms with Crippen LogP contribution in [0.4, 0.5) is 0 Å². The first kappa shape index (κ1) is 22.0. The lowest BCUT2D eigenvalue weighted by Crippen LogP contribution is -2.37. The zero-order valence-corrected chi connectivity index (χ0v) is 18.1. The van der Waals surface area contributed by atoms with E-state index in [1.807, 2.05) is 24.3 Å². The van der Waals surface area contributed by atoms with E-state index >= 15 is 0 Å². The fourth-order valence-corrected chi connectivity index (χ4v) is 3.86. The Balaban J connectivity index is 1.57. The zero-order valence-electron chi connectivity index (χ0n) is 18.1. The van der Waals surface area contributed by atoms with Gasteiger partial charge in [0.05, 0.1) is 26.8 Å². The van der Waals surface area contributed by atoms with Gasteiger partial charge in [0.25, 0.3) is 0 Å². The highest BCUT2D eigenvalue weighted by atomic mass is 16.5. The highest BCUT2D eigenvalue weighted by molar-refractivity contribution is 5.77. The summed E-state index contributed by atoms with van der Waals surface area (Å²) >= 11 is 0. The second kappa shape index (κ2) is 11.5. The normalized spacial score (nSPS) is 16.1. The summed E-state index contributed by atoms with van der Waals surface area (Å²) in [6.07, 6.45) is 4.68. The van der Waals surface area contributed by atoms with Gasteiger partial charge >= 0.3 is 0 Å². The molecule has 0 aliphatic carbocycles. The third-order valence-corrected chi connectivity index (χ3v) is 5.65. The first-order valence-electron chi connectivity index (χ1n) is 10.7. The molecule has 1 atom stereocenters. The fourth-order valence-electron chi connectivity index (χ4n) is 3.86. The van der Waals surface area contributed by atoms with Gasteiger partial charge < -0.3 is 20.5 Å². The van der Waals surface area contributed by atoms with Gasteiger partial charge in [-0.15, -0.1) is 0 Å². The number of rotatable bonds is 9. The van der Waals surface area contributed by atoms with Crippen molar-refractivity contribution in [3.8, 4) is 11.5 Å². The van der Waals surface area contributed by atoms with E-state index in [0.29, 0.717) is 12.5 Å². The van der Waals surface area contributed by atoms with Crippen molar-refractivity contribution in [1.29, 1.82) is 0 Å². The van der Waals surface area contributed by atoms with Crippen LogP contribution < -0.4 is 20.5 Å². The van der Waals surface area contributed by atoms with Crippen molar-refractivity contribution in [1.82, 2.24) is 10.2 Å². The van der Waals surface area contributed by atoms with E-state index in [9.17, 15) is 0 Å². The summed E-state index contributed by atoms with van der Waals surface area (Å²) in [5.74, 6) is 2.24. The number of aliphatic imine (C=N–C) groups is 1. The maximum Gasteiger partial charge on any atom is 0.188 e. The van der Waals surface area contributed by atoms with Crippen LogP contribution in [-0.4, -0.2) is 51.3 Å². The lowest BCUT2D eigenvalue weighted by atomic mass is 10.0. The molecule has 1 saturated heterocycles. The summed E-state index contributed by atoms with van der Waals surface area (Å²) in [5.41, 5.74) is 8.66. The van der Waals surface area contributed by atoms with Crippen LogP contribution in [-0.2, 0) is 6.42 Å². The number of hydrogen-bond donors (Lipinski definition) is 2. The Morgan fingerprint density at radius 2 is 1.57 bits per heavy atom. The summed E-state index contributed by atoms with van der Waals surface area (Å²) in [6, 6.07) is 16.7. The molecule has 1 heterocycles. The number of guanidine groups is 1. The Kier molecular flexibility index (Phi) is 8.39. The third-order valence-electron chi connectivity index (χ3n) is 5.65. The topological polar surface area (TPSA) is 72.1 Å². The minimum Gasteiger partial charge on any atom is -0.497 e. The van der Waals surface area contributed by atoms with E-state index in [-0.39, 0.29) is 6.04 Å². The van der Waals surface area contributed by atoms with E-state index in [2.05, 4.69) is 39.5 Å². The number of likely N-dealkylation sites (tertiary alicyclic amines) is 1. The van der Waals surface area contributed by atoms with Gasteiger partial charge in [0.2, 0.25) is 0 Å². The standard InChI is InChI=1S/C24H34N4O2/c1-29-21-10-6-19(7-11-21)14-15-26-24(25)27-18-23(28-16-4-3-5-17-28)20-8-12-22(30-2)13-9-20/h6-13,23H,3-5,14-18H2,1-2H3,(H3,25,26,27)/t23-/m0/s1. The van der Waals surface area contributed by atoms with Crippen LogP contribution in [0.5, 0.6) is 11.5 Å². The molecule has 1 fully saturated rings. The molecular weight excluding hydrogens is 376 g/mol. The van der Waals surface area contributed by atoms with Crippen LogP contribution in [0.1, 0.15) is 36.4 Å². The molecule has 1 aliphatic rings. The van der Waals surface area contributed by atoms with Crippen molar-refractivity contribution >= 4 is 5.96 Å². The van der Waals surface area contributed by atoms with Gasteiger partial charge in [-0.2, -0.15) is 0 Å². The van der Waals surface area contributed by atoms with Crippen LogP contribution in [0, 0.1) is 0 Å². The molecule has 0 radical (unpaired) electrons. The number of nitrogens with two attached hydrogens (primary N) is 1. The number of nitrogens with one attached hydrogen (secondary N) is 1. The van der Waals surface area contributed by atoms with Gasteiger partial charge in [-0.3, -0.25) is 9.89 Å². The summed E-state index contributed by atoms with van der Waals surface area (Å²) in [4.78, 5) is 7.19. The molecule has 3 N–H and O–H groups in total. The number of methoxy groups -OCH3 is 2. The fraction of sp³-hybridized carbons (Fsp3) is 0.458. The van der Waals surface area contributed by atoms with E-state index < -0.39 is 0 Å². The average molecular weight is 411 g/mol. The van der Waals surface area contributed by atoms with Gasteiger partial charge in [0.1, 0.15) is 11.5 Å². The third kappa shape index (κ3) is 6.39. The predicted molar refractivity (Wildman–Crippen MR) is 122 cm³/mol. The van der Waals surface area contributed by atoms with Gasteiger partial charge in [-0.25, -0.2) is 0 Å². The predicted octanol–water partition coefficient (Wildman–Crippen LogP) is 3.38. The lowest BCUT2D eigenvalue weighted by Gasteiger charge is -2.34. The largest absolute Gasteiger partial charge is 0.497 e. The van der Waals surface area contributed by atoms with Crippen LogP contribution in [0.15, 0.2) is 53.5 Å². The van der Waals surface area contributed by atoms with E-state index in [1.54, 1.807) is 14.2 Å². The number of hydrogen-bond acceptors (Lipinski definition) is 4. The number of ether oxygens (including phenoxy) is 2. The Labute approximate surface area is 180 Å². The van der Waals surface area contributed by atoms with Crippen molar-refractivity contribution in [2.24, 2.45) is 10.7 Å². The Bertz CT molecular complexity index is 784. The molecular formula is C24H34N4O2. The Morgan fingerprint density at radius 1 is 0.967 bits per heavy atom. The molecule has 0 bridgehead atoms. The maximum atomic E-state index is 6.17. The van der Waals surface area contributed by atoms with Gasteiger partial charge in [0.15, 0.2) is 5.96 Å². The molecule has 30 heavy (non-hydrogen) atoms. The average Bonchev–Trinajstić information content (AvgIpc) is 2.81. The van der Waals surface area contributed by atoms with Crippen molar-refractivity contribution < 1.29 is 9.47 Å². The van der Waals surface area contributed by atoms with Crippen molar-refractivity contribution in [3.05, 3.63) is 59.7 Å². The Morgan fingerprint density at radius 3 is 2.17 bits per heavy atom. The summed E-state index contributed by atoms with van der Waals surface area (Å²) < 4.78 is 10.5. The minimum absolute atomic E-state index is 0.234. The SMILES string of the molecule is COc1ccc(CCNC(N)=NC[C@@H](c2ccc(OC)cc2)N2CCCCC2)cc1. The van der Waals surface area contributed by atoms with Gasteiger partial charge in [-0.05, 0) is 67.7 Å². The van der Waals surface area contributed by atoms with E-state index in [0.717, 1.165) is 37.6 Å². The molecule has 0 unspecified atom stereocenters. The maximum absolute atomic E-state index is 6.17. The zero-order chi connectivity index (χ0) is 21.2. The summed E-state index contributed by atoms with van der Waals surface area (Å²) in [6.45, 7) is 3.61. The number of benzene rings is 2. The first-order valence-corrected chi connectivity index (χ1v) is 10.7. The molecule has 162 valence electrons. The molecule has 2 aromatic rings. The first-order chi connectivity index (χ1) is 14.7. The highest BCUT2D eigenvalue weighted by Crippen LogP contribution is 2.26. The quantitative estimate of drug-likeness (QED) is 0.490. The molecule has 0 amide bonds. The number of nitrogens with zero attached hydrogens (tertiary/aromatic N) is 2. The van der Waals surface area contributed by atoms with Crippen LogP contribution in [0.3, 0.4) is 0 Å². The van der Waals surface area contributed by atoms with Crippen LogP contribution in [0.25, 0.3) is 0 Å². The van der Waals surface area contributed by atoms with Crippen molar-refractivity contribution in [2.45, 2.75) is 31.7 Å². The molecule has 1 aliphatic heterocycles. The van der Waals surface area contributed by atoms with Crippen LogP contribution >= 0.6 is 0 Å². The molecule has 0 spiro atoms. The molecule has 0 saturated carbocycles. The molecule has 3 rings (SSSR count). The number of piperidine rings is 1. The molecule has 6 nitrogen and oxygen atoms in total. The molecule has 0 aromatic heterocycles. The Hall–Kier alpha value is -2.73. The monoisotopic (exact) mass is 410 g/mol. The summed E-state index contributed by atoms with van der Waals surface area (Å²) in [7, 11) is 3.37. The van der Waals surface area contributed by atoms with Crippen molar-refractivity contribution in [2.75, 3.05) is 40.4 Å². The summed E-state index contributed by atoms with van der Waals surface area (Å²) in [5, 5.41) is 3.25. The molecule has 2 aromatic carbocycles. The van der Waals surface area contributed by atoms with E-state index in [1.165, 1.54) is 30.4 Å². The van der Waals surface area contributed by atoms with Crippen molar-refractivity contribution in [3.63, 3.8) is 0 Å². The molecule has 6 heteroatoms. The second-order valence-corrected chi connectivity index (χ2v) is 7.64. The lowest BCUT2D eigenvalue weighted by molar-refractivity contribution is 0.168. The minimum atomic E-state index is 0.234. The van der Waals surface area contributed by atoms with Gasteiger partial charge in [-0.1, -0.05) is 30.7 Å². The highest BCUT2D eigenvalue weighted by Gasteiger charge is 2.22.